The monoisotopic (exact) mass is 430 g/mol. The summed E-state index contributed by atoms with van der Waals surface area (Å²) in [6.07, 6.45) is 3.99. The Balaban J connectivity index is 1.46. The minimum atomic E-state index is -0.793. The molecule has 0 radical (unpaired) electrons. The maximum absolute atomic E-state index is 13.2. The molecule has 4 rings (SSSR count). The fraction of sp³-hybridized carbons (Fsp3) is 0.0455. The molecule has 0 spiro atoms. The van der Waals surface area contributed by atoms with Crippen molar-refractivity contribution in [2.45, 2.75) is 0 Å². The van der Waals surface area contributed by atoms with E-state index in [2.05, 4.69) is 15.4 Å². The Morgan fingerprint density at radius 3 is 2.53 bits per heavy atom. The summed E-state index contributed by atoms with van der Waals surface area (Å²) < 4.78 is 21.1. The molecule has 10 heteroatoms. The van der Waals surface area contributed by atoms with Crippen molar-refractivity contribution in [1.82, 2.24) is 19.3 Å². The molecule has 32 heavy (non-hydrogen) atoms. The number of ether oxygens (including phenoxy) is 1. The number of carbonyl (C=O) groups excluding carboxylic acids is 2. The molecule has 0 saturated heterocycles. The zero-order valence-electron chi connectivity index (χ0n) is 16.5. The molecule has 1 N–H and O–H groups in total. The minimum Gasteiger partial charge on any atom is -0.451 e. The molecule has 0 unspecified atom stereocenters. The third kappa shape index (κ3) is 4.22. The topological polar surface area (TPSA) is 115 Å². The number of nitrogens with zero attached hydrogens (tertiary/aromatic N) is 5. The van der Waals surface area contributed by atoms with Crippen molar-refractivity contribution in [1.29, 1.82) is 5.26 Å². The first-order chi connectivity index (χ1) is 15.6. The van der Waals surface area contributed by atoms with Crippen molar-refractivity contribution < 1.29 is 18.7 Å². The van der Waals surface area contributed by atoms with Crippen LogP contribution in [-0.2, 0) is 9.53 Å². The lowest BCUT2D eigenvalue weighted by atomic mass is 10.3. The van der Waals surface area contributed by atoms with Gasteiger partial charge in [0, 0.05) is 5.69 Å². The first-order valence-electron chi connectivity index (χ1n) is 9.35. The molecule has 4 aromatic rings. The van der Waals surface area contributed by atoms with E-state index in [4.69, 9.17) is 4.74 Å². The summed E-state index contributed by atoms with van der Waals surface area (Å²) >= 11 is 0. The number of anilines is 1. The van der Waals surface area contributed by atoms with E-state index in [1.54, 1.807) is 24.3 Å². The molecule has 2 aromatic carbocycles. The number of hydrogen-bond donors (Lipinski definition) is 1. The summed E-state index contributed by atoms with van der Waals surface area (Å²) in [5.74, 6) is -1.70. The summed E-state index contributed by atoms with van der Waals surface area (Å²) in [6, 6.07) is 16.4. The molecule has 2 heterocycles. The zero-order chi connectivity index (χ0) is 22.5. The lowest BCUT2D eigenvalue weighted by molar-refractivity contribution is -0.119. The van der Waals surface area contributed by atoms with E-state index < -0.39 is 24.3 Å². The second-order valence-electron chi connectivity index (χ2n) is 6.52. The molecule has 1 amide bonds. The summed E-state index contributed by atoms with van der Waals surface area (Å²) in [7, 11) is 0. The number of halogens is 1. The average Bonchev–Trinajstić information content (AvgIpc) is 3.46. The fourth-order valence-electron chi connectivity index (χ4n) is 2.94. The molecular formula is C22H15FN6O3. The highest BCUT2D eigenvalue weighted by atomic mass is 19.1. The van der Waals surface area contributed by atoms with Crippen LogP contribution in [0.15, 0.2) is 73.3 Å². The van der Waals surface area contributed by atoms with Gasteiger partial charge in [-0.25, -0.2) is 18.9 Å². The van der Waals surface area contributed by atoms with E-state index in [0.29, 0.717) is 11.4 Å². The Hall–Kier alpha value is -4.78. The SMILES string of the molecule is N#Cc1cnn(-c2ccccc2)c1NC(=O)COC(=O)c1cncn1-c1ccc(F)cc1. The van der Waals surface area contributed by atoms with Crippen LogP contribution in [0.1, 0.15) is 16.1 Å². The molecule has 0 atom stereocenters. The fourth-order valence-corrected chi connectivity index (χ4v) is 2.94. The summed E-state index contributed by atoms with van der Waals surface area (Å²) in [5, 5.41) is 16.0. The van der Waals surface area contributed by atoms with Crippen molar-refractivity contribution in [2.24, 2.45) is 0 Å². The first kappa shape index (κ1) is 20.5. The van der Waals surface area contributed by atoms with Crippen LogP contribution in [0.2, 0.25) is 0 Å². The van der Waals surface area contributed by atoms with Crippen molar-refractivity contribution in [2.75, 3.05) is 11.9 Å². The van der Waals surface area contributed by atoms with Crippen molar-refractivity contribution in [3.05, 3.63) is 90.4 Å². The van der Waals surface area contributed by atoms with Crippen LogP contribution in [0.3, 0.4) is 0 Å². The zero-order valence-corrected chi connectivity index (χ0v) is 16.5. The Morgan fingerprint density at radius 1 is 1.06 bits per heavy atom. The van der Waals surface area contributed by atoms with Gasteiger partial charge in [-0.3, -0.25) is 9.36 Å². The van der Waals surface area contributed by atoms with Gasteiger partial charge in [0.25, 0.3) is 5.91 Å². The number of nitriles is 1. The van der Waals surface area contributed by atoms with Crippen molar-refractivity contribution in [3.63, 3.8) is 0 Å². The maximum atomic E-state index is 13.2. The highest BCUT2D eigenvalue weighted by Crippen LogP contribution is 2.19. The predicted octanol–water partition coefficient (Wildman–Crippen LogP) is 2.86. The molecule has 9 nitrogen and oxygen atoms in total. The van der Waals surface area contributed by atoms with Crippen molar-refractivity contribution >= 4 is 17.7 Å². The van der Waals surface area contributed by atoms with Gasteiger partial charge in [0.05, 0.1) is 24.4 Å². The van der Waals surface area contributed by atoms with Gasteiger partial charge in [-0.05, 0) is 36.4 Å². The number of hydrogen-bond acceptors (Lipinski definition) is 6. The molecular weight excluding hydrogens is 415 g/mol. The highest BCUT2D eigenvalue weighted by Gasteiger charge is 2.19. The van der Waals surface area contributed by atoms with Crippen LogP contribution >= 0.6 is 0 Å². The normalized spacial score (nSPS) is 10.4. The van der Waals surface area contributed by atoms with Crippen LogP contribution in [0.25, 0.3) is 11.4 Å². The molecule has 0 fully saturated rings. The van der Waals surface area contributed by atoms with Crippen molar-refractivity contribution in [3.8, 4) is 17.4 Å². The number of carbonyl (C=O) groups is 2. The van der Waals surface area contributed by atoms with E-state index in [-0.39, 0.29) is 17.1 Å². The van der Waals surface area contributed by atoms with Crippen LogP contribution in [0.5, 0.6) is 0 Å². The standard InChI is InChI=1S/C22H15FN6O3/c23-16-6-8-17(9-7-16)28-14-25-12-19(28)22(31)32-13-20(30)27-21-15(10-24)11-26-29(21)18-4-2-1-3-5-18/h1-9,11-12,14H,13H2,(H,27,30). The van der Waals surface area contributed by atoms with Gasteiger partial charge >= 0.3 is 5.97 Å². The minimum absolute atomic E-state index is 0.0662. The van der Waals surface area contributed by atoms with Crippen LogP contribution in [0.4, 0.5) is 10.2 Å². The lowest BCUT2D eigenvalue weighted by Crippen LogP contribution is -2.23. The van der Waals surface area contributed by atoms with E-state index in [1.807, 2.05) is 12.1 Å². The second-order valence-corrected chi connectivity index (χ2v) is 6.52. The number of esters is 1. The van der Waals surface area contributed by atoms with Gasteiger partial charge in [0.1, 0.15) is 17.4 Å². The third-order valence-electron chi connectivity index (χ3n) is 4.44. The van der Waals surface area contributed by atoms with Gasteiger partial charge in [0.15, 0.2) is 18.1 Å². The van der Waals surface area contributed by atoms with Gasteiger partial charge in [-0.2, -0.15) is 10.4 Å². The Bertz CT molecular complexity index is 1310. The second kappa shape index (κ2) is 8.93. The summed E-state index contributed by atoms with van der Waals surface area (Å²) in [4.78, 5) is 28.8. The third-order valence-corrected chi connectivity index (χ3v) is 4.44. The molecule has 0 aliphatic heterocycles. The molecule has 0 aliphatic carbocycles. The predicted molar refractivity (Wildman–Crippen MR) is 111 cm³/mol. The van der Waals surface area contributed by atoms with Crippen LogP contribution < -0.4 is 5.32 Å². The lowest BCUT2D eigenvalue weighted by Gasteiger charge is -2.11. The number of aromatic nitrogens is 4. The van der Waals surface area contributed by atoms with Gasteiger partial charge < -0.3 is 10.1 Å². The van der Waals surface area contributed by atoms with Crippen LogP contribution in [0, 0.1) is 17.1 Å². The Kier molecular flexibility index (Phi) is 5.72. The van der Waals surface area contributed by atoms with Gasteiger partial charge in [0.2, 0.25) is 0 Å². The quantitative estimate of drug-likeness (QED) is 0.471. The van der Waals surface area contributed by atoms with E-state index >= 15 is 0 Å². The highest BCUT2D eigenvalue weighted by molar-refractivity contribution is 5.95. The van der Waals surface area contributed by atoms with Gasteiger partial charge in [-0.15, -0.1) is 0 Å². The number of amides is 1. The van der Waals surface area contributed by atoms with Crippen LogP contribution in [-0.4, -0.2) is 37.8 Å². The van der Waals surface area contributed by atoms with Gasteiger partial charge in [-0.1, -0.05) is 18.2 Å². The molecule has 2 aromatic heterocycles. The smallest absolute Gasteiger partial charge is 0.357 e. The molecule has 0 saturated carbocycles. The van der Waals surface area contributed by atoms with E-state index in [9.17, 15) is 19.2 Å². The summed E-state index contributed by atoms with van der Waals surface area (Å²) in [5.41, 5.74) is 1.37. The molecule has 0 bridgehead atoms. The van der Waals surface area contributed by atoms with E-state index in [0.717, 1.165) is 0 Å². The molecule has 0 aliphatic rings. The summed E-state index contributed by atoms with van der Waals surface area (Å²) in [6.45, 7) is -0.599. The first-order valence-corrected chi connectivity index (χ1v) is 9.35. The largest absolute Gasteiger partial charge is 0.451 e. The number of imidazole rings is 1. The molecule has 158 valence electrons. The number of rotatable bonds is 6. The Labute approximate surface area is 181 Å². The number of para-hydroxylation sites is 1. The Morgan fingerprint density at radius 2 is 1.81 bits per heavy atom. The maximum Gasteiger partial charge on any atom is 0.357 e. The average molecular weight is 430 g/mol. The number of nitrogens with one attached hydrogen (secondary N) is 1. The van der Waals surface area contributed by atoms with E-state index in [1.165, 1.54) is 52.2 Å². The number of benzene rings is 2.